The van der Waals surface area contributed by atoms with Crippen LogP contribution in [0.4, 0.5) is 4.79 Å². The maximum absolute atomic E-state index is 11.9. The van der Waals surface area contributed by atoms with E-state index in [-0.39, 0.29) is 6.09 Å². The molecular formula is C18H36N2O2. The van der Waals surface area contributed by atoms with Crippen LogP contribution in [0.15, 0.2) is 0 Å². The molecule has 0 aromatic carbocycles. The standard InChI is InChI=1S/C18H36N2O2/c1-14(2)12-15-8-7-9-16(13-15)19-10-11-20(6)17(21)22-18(3,4)5/h14-16,19H,7-13H2,1-6H3. The lowest BCUT2D eigenvalue weighted by Gasteiger charge is -2.31. The highest BCUT2D eigenvalue weighted by Gasteiger charge is 2.23. The first-order chi connectivity index (χ1) is 10.2. The highest BCUT2D eigenvalue weighted by molar-refractivity contribution is 5.67. The molecule has 2 atom stereocenters. The molecule has 4 heteroatoms. The SMILES string of the molecule is CC(C)CC1CCCC(NCCN(C)C(=O)OC(C)(C)C)C1. The maximum Gasteiger partial charge on any atom is 0.410 e. The summed E-state index contributed by atoms with van der Waals surface area (Å²) in [5.41, 5.74) is -0.424. The molecule has 0 spiro atoms. The lowest BCUT2D eigenvalue weighted by atomic mass is 9.81. The van der Waals surface area contributed by atoms with E-state index in [0.29, 0.717) is 12.6 Å². The molecule has 2 unspecified atom stereocenters. The van der Waals surface area contributed by atoms with Crippen LogP contribution in [0.2, 0.25) is 0 Å². The van der Waals surface area contributed by atoms with Gasteiger partial charge in [0.1, 0.15) is 5.60 Å². The third kappa shape index (κ3) is 8.02. The van der Waals surface area contributed by atoms with E-state index in [0.717, 1.165) is 18.4 Å². The third-order valence-electron chi connectivity index (χ3n) is 4.17. The minimum atomic E-state index is -0.424. The molecule has 1 saturated carbocycles. The molecule has 22 heavy (non-hydrogen) atoms. The van der Waals surface area contributed by atoms with E-state index in [1.807, 2.05) is 20.8 Å². The molecule has 0 aromatic heterocycles. The van der Waals surface area contributed by atoms with Gasteiger partial charge < -0.3 is 15.0 Å². The molecule has 1 amide bonds. The molecule has 0 bridgehead atoms. The third-order valence-corrected chi connectivity index (χ3v) is 4.17. The molecule has 0 radical (unpaired) electrons. The summed E-state index contributed by atoms with van der Waals surface area (Å²) in [6.07, 6.45) is 6.37. The largest absolute Gasteiger partial charge is 0.444 e. The number of nitrogens with zero attached hydrogens (tertiary/aromatic N) is 1. The summed E-state index contributed by atoms with van der Waals surface area (Å²) in [5.74, 6) is 1.66. The average molecular weight is 312 g/mol. The van der Waals surface area contributed by atoms with E-state index in [2.05, 4.69) is 19.2 Å². The maximum atomic E-state index is 11.9. The molecular weight excluding hydrogens is 276 g/mol. The van der Waals surface area contributed by atoms with Gasteiger partial charge in [-0.2, -0.15) is 0 Å². The smallest absolute Gasteiger partial charge is 0.410 e. The summed E-state index contributed by atoms with van der Waals surface area (Å²) in [6.45, 7) is 11.9. The lowest BCUT2D eigenvalue weighted by molar-refractivity contribution is 0.0298. The van der Waals surface area contributed by atoms with Gasteiger partial charge in [-0.25, -0.2) is 4.79 Å². The Balaban J connectivity index is 2.24. The van der Waals surface area contributed by atoms with Crippen molar-refractivity contribution in [2.75, 3.05) is 20.1 Å². The van der Waals surface area contributed by atoms with E-state index in [9.17, 15) is 4.79 Å². The predicted octanol–water partition coefficient (Wildman–Crippen LogP) is 4.05. The number of rotatable bonds is 6. The second kappa shape index (κ2) is 8.76. The van der Waals surface area contributed by atoms with Crippen molar-refractivity contribution in [2.24, 2.45) is 11.8 Å². The van der Waals surface area contributed by atoms with Crippen molar-refractivity contribution in [1.29, 1.82) is 0 Å². The van der Waals surface area contributed by atoms with Crippen molar-refractivity contribution in [2.45, 2.75) is 78.4 Å². The number of likely N-dealkylation sites (N-methyl/N-ethyl adjacent to an activating group) is 1. The van der Waals surface area contributed by atoms with Crippen molar-refractivity contribution >= 4 is 6.09 Å². The molecule has 1 N–H and O–H groups in total. The topological polar surface area (TPSA) is 41.6 Å². The van der Waals surface area contributed by atoms with Gasteiger partial charge in [0, 0.05) is 26.2 Å². The van der Waals surface area contributed by atoms with Crippen molar-refractivity contribution in [3.05, 3.63) is 0 Å². The lowest BCUT2D eigenvalue weighted by Crippen LogP contribution is -2.41. The number of carbonyl (C=O) groups excluding carboxylic acids is 1. The van der Waals surface area contributed by atoms with E-state index in [4.69, 9.17) is 4.74 Å². The van der Waals surface area contributed by atoms with Crippen LogP contribution in [0, 0.1) is 11.8 Å². The Morgan fingerprint density at radius 3 is 2.59 bits per heavy atom. The zero-order chi connectivity index (χ0) is 16.8. The van der Waals surface area contributed by atoms with Crippen molar-refractivity contribution < 1.29 is 9.53 Å². The molecule has 1 rings (SSSR count). The zero-order valence-electron chi connectivity index (χ0n) is 15.4. The fraction of sp³-hybridized carbons (Fsp3) is 0.944. The Hall–Kier alpha value is -0.770. The Labute approximate surface area is 137 Å². The molecule has 0 aromatic rings. The number of nitrogens with one attached hydrogen (secondary N) is 1. The fourth-order valence-corrected chi connectivity index (χ4v) is 3.22. The van der Waals surface area contributed by atoms with Crippen LogP contribution >= 0.6 is 0 Å². The van der Waals surface area contributed by atoms with Crippen LogP contribution in [0.25, 0.3) is 0 Å². The van der Waals surface area contributed by atoms with Crippen LogP contribution in [-0.4, -0.2) is 42.8 Å². The van der Waals surface area contributed by atoms with Gasteiger partial charge in [-0.05, 0) is 51.9 Å². The Morgan fingerprint density at radius 2 is 2.00 bits per heavy atom. The van der Waals surface area contributed by atoms with Crippen molar-refractivity contribution in [3.63, 3.8) is 0 Å². The Morgan fingerprint density at radius 1 is 1.32 bits per heavy atom. The van der Waals surface area contributed by atoms with Gasteiger partial charge >= 0.3 is 6.09 Å². The second-order valence-corrected chi connectivity index (χ2v) is 8.22. The number of hydrogen-bond donors (Lipinski definition) is 1. The van der Waals surface area contributed by atoms with Crippen LogP contribution in [0.3, 0.4) is 0 Å². The summed E-state index contributed by atoms with van der Waals surface area (Å²) in [5, 5.41) is 3.62. The average Bonchev–Trinajstić information content (AvgIpc) is 2.36. The predicted molar refractivity (Wildman–Crippen MR) is 92.1 cm³/mol. The molecule has 1 aliphatic rings. The summed E-state index contributed by atoms with van der Waals surface area (Å²) < 4.78 is 5.36. The number of ether oxygens (including phenoxy) is 1. The number of hydrogen-bond acceptors (Lipinski definition) is 3. The zero-order valence-corrected chi connectivity index (χ0v) is 15.4. The van der Waals surface area contributed by atoms with E-state index in [1.165, 1.54) is 32.1 Å². The van der Waals surface area contributed by atoms with Gasteiger partial charge in [-0.1, -0.05) is 26.7 Å². The molecule has 0 heterocycles. The Kier molecular flexibility index (Phi) is 7.67. The van der Waals surface area contributed by atoms with Crippen LogP contribution in [-0.2, 0) is 4.74 Å². The van der Waals surface area contributed by atoms with Gasteiger partial charge in [-0.15, -0.1) is 0 Å². The number of amides is 1. The second-order valence-electron chi connectivity index (χ2n) is 8.22. The first-order valence-electron chi connectivity index (χ1n) is 8.85. The minimum Gasteiger partial charge on any atom is -0.444 e. The molecule has 1 aliphatic carbocycles. The highest BCUT2D eigenvalue weighted by atomic mass is 16.6. The van der Waals surface area contributed by atoms with Gasteiger partial charge in [0.25, 0.3) is 0 Å². The van der Waals surface area contributed by atoms with Gasteiger partial charge in [0.15, 0.2) is 0 Å². The molecule has 130 valence electrons. The molecule has 0 saturated heterocycles. The van der Waals surface area contributed by atoms with Gasteiger partial charge in [0.2, 0.25) is 0 Å². The summed E-state index contributed by atoms with van der Waals surface area (Å²) in [4.78, 5) is 13.5. The number of carbonyl (C=O) groups is 1. The highest BCUT2D eigenvalue weighted by Crippen LogP contribution is 2.29. The van der Waals surface area contributed by atoms with Crippen LogP contribution < -0.4 is 5.32 Å². The summed E-state index contributed by atoms with van der Waals surface area (Å²) >= 11 is 0. The monoisotopic (exact) mass is 312 g/mol. The van der Waals surface area contributed by atoms with Crippen molar-refractivity contribution in [3.8, 4) is 0 Å². The quantitative estimate of drug-likeness (QED) is 0.804. The molecule has 1 fully saturated rings. The fourth-order valence-electron chi connectivity index (χ4n) is 3.22. The first-order valence-corrected chi connectivity index (χ1v) is 8.85. The minimum absolute atomic E-state index is 0.240. The molecule has 4 nitrogen and oxygen atoms in total. The van der Waals surface area contributed by atoms with Crippen LogP contribution in [0.1, 0.15) is 66.7 Å². The van der Waals surface area contributed by atoms with Gasteiger partial charge in [0.05, 0.1) is 0 Å². The summed E-state index contributed by atoms with van der Waals surface area (Å²) in [7, 11) is 1.80. The van der Waals surface area contributed by atoms with E-state index in [1.54, 1.807) is 11.9 Å². The van der Waals surface area contributed by atoms with Crippen LogP contribution in [0.5, 0.6) is 0 Å². The van der Waals surface area contributed by atoms with Crippen molar-refractivity contribution in [1.82, 2.24) is 10.2 Å². The summed E-state index contributed by atoms with van der Waals surface area (Å²) in [6, 6.07) is 0.615. The normalized spacial score (nSPS) is 22.7. The molecule has 0 aliphatic heterocycles. The van der Waals surface area contributed by atoms with Gasteiger partial charge in [-0.3, -0.25) is 0 Å². The first kappa shape index (κ1) is 19.3. The van der Waals surface area contributed by atoms with E-state index >= 15 is 0 Å². The van der Waals surface area contributed by atoms with E-state index < -0.39 is 5.60 Å². The Bertz CT molecular complexity index is 336.